The fourth-order valence-electron chi connectivity index (χ4n) is 5.65. The Bertz CT molecular complexity index is 860. The van der Waals surface area contributed by atoms with E-state index in [1.165, 1.54) is 26.1 Å². The highest BCUT2D eigenvalue weighted by Crippen LogP contribution is 2.34. The van der Waals surface area contributed by atoms with Gasteiger partial charge in [0.15, 0.2) is 0 Å². The Morgan fingerprint density at radius 2 is 2.06 bits per heavy atom. The molecule has 1 amide bonds. The first-order valence-electron chi connectivity index (χ1n) is 12.1. The van der Waals surface area contributed by atoms with Gasteiger partial charge in [0.25, 0.3) is 5.91 Å². The number of hydrogen-bond acceptors (Lipinski definition) is 5. The molecule has 5 rings (SSSR count). The Balaban J connectivity index is 1.14. The molecule has 6 nitrogen and oxygen atoms in total. The van der Waals surface area contributed by atoms with E-state index in [-0.39, 0.29) is 12.0 Å². The van der Waals surface area contributed by atoms with Gasteiger partial charge >= 0.3 is 0 Å². The average molecular weight is 438 g/mol. The van der Waals surface area contributed by atoms with Crippen molar-refractivity contribution in [2.24, 2.45) is 5.92 Å². The summed E-state index contributed by atoms with van der Waals surface area (Å²) in [4.78, 5) is 17.9. The topological polar surface area (TPSA) is 54.0 Å². The molecule has 1 aliphatic carbocycles. The fourth-order valence-corrected chi connectivity index (χ4v) is 5.65. The van der Waals surface area contributed by atoms with Gasteiger partial charge < -0.3 is 19.7 Å². The lowest BCUT2D eigenvalue weighted by atomic mass is 10.0. The predicted molar refractivity (Wildman–Crippen MR) is 125 cm³/mol. The van der Waals surface area contributed by atoms with Crippen molar-refractivity contribution in [3.05, 3.63) is 53.8 Å². The quantitative estimate of drug-likeness (QED) is 0.741. The zero-order valence-corrected chi connectivity index (χ0v) is 19.0. The standard InChI is InChI=1S/C26H35N3O3/c1-28-16-20-13-14-29(25(20)17-28)22-5-2-4-21(9-10-22)27-26(30)19-7-11-23(12-8-19)32-18-24-6-3-15-31-24/h4,7-12,20,22,24-25H,2-3,5-6,13-18H2,1H3,(H,27,30)/t20-,22?,24-,25+/m1/s1. The zero-order chi connectivity index (χ0) is 21.9. The van der Waals surface area contributed by atoms with Crippen LogP contribution in [-0.4, -0.2) is 73.8 Å². The van der Waals surface area contributed by atoms with Gasteiger partial charge in [-0.15, -0.1) is 0 Å². The number of nitrogens with one attached hydrogen (secondary N) is 1. The van der Waals surface area contributed by atoms with E-state index in [2.05, 4.69) is 40.4 Å². The van der Waals surface area contributed by atoms with Gasteiger partial charge in [0.05, 0.1) is 6.10 Å². The second-order valence-electron chi connectivity index (χ2n) is 9.66. The van der Waals surface area contributed by atoms with Gasteiger partial charge in [0.1, 0.15) is 12.4 Å². The maximum Gasteiger partial charge on any atom is 0.255 e. The molecule has 1 aromatic carbocycles. The molecule has 4 aliphatic rings. The highest BCUT2D eigenvalue weighted by Gasteiger charge is 2.42. The van der Waals surface area contributed by atoms with Crippen LogP contribution in [0, 0.1) is 5.92 Å². The monoisotopic (exact) mass is 437 g/mol. The Morgan fingerprint density at radius 1 is 1.19 bits per heavy atom. The van der Waals surface area contributed by atoms with Crippen molar-refractivity contribution < 1.29 is 14.3 Å². The van der Waals surface area contributed by atoms with Crippen molar-refractivity contribution in [3.63, 3.8) is 0 Å². The molecule has 1 unspecified atom stereocenters. The van der Waals surface area contributed by atoms with Gasteiger partial charge in [0.2, 0.25) is 0 Å². The van der Waals surface area contributed by atoms with E-state index in [0.717, 1.165) is 49.7 Å². The van der Waals surface area contributed by atoms with Crippen molar-refractivity contribution >= 4 is 5.91 Å². The number of nitrogens with zero attached hydrogens (tertiary/aromatic N) is 2. The zero-order valence-electron chi connectivity index (χ0n) is 19.0. The van der Waals surface area contributed by atoms with Gasteiger partial charge in [0, 0.05) is 43.0 Å². The van der Waals surface area contributed by atoms with E-state index in [9.17, 15) is 4.79 Å². The van der Waals surface area contributed by atoms with E-state index in [0.29, 0.717) is 24.3 Å². The van der Waals surface area contributed by atoms with Crippen LogP contribution in [0.5, 0.6) is 5.75 Å². The first-order chi connectivity index (χ1) is 15.7. The van der Waals surface area contributed by atoms with E-state index in [4.69, 9.17) is 9.47 Å². The van der Waals surface area contributed by atoms with Crippen LogP contribution in [0.15, 0.2) is 48.2 Å². The molecule has 3 aliphatic heterocycles. The molecular formula is C26H35N3O3. The number of fused-ring (bicyclic) bond motifs is 1. The lowest BCUT2D eigenvalue weighted by molar-refractivity contribution is 0.0679. The van der Waals surface area contributed by atoms with Crippen LogP contribution in [0.25, 0.3) is 0 Å². The molecule has 0 saturated carbocycles. The summed E-state index contributed by atoms with van der Waals surface area (Å²) in [5, 5.41) is 3.08. The molecule has 0 spiro atoms. The van der Waals surface area contributed by atoms with Crippen LogP contribution in [0.1, 0.15) is 42.5 Å². The molecule has 4 atom stereocenters. The van der Waals surface area contributed by atoms with Crippen LogP contribution in [0.4, 0.5) is 0 Å². The average Bonchev–Trinajstić information content (AvgIpc) is 3.49. The Morgan fingerprint density at radius 3 is 2.88 bits per heavy atom. The SMILES string of the molecule is CN1C[C@H]2CCN(C3C=CC(NC(=O)c4ccc(OC[C@H]5CCCO5)cc4)=CCC3)[C@H]2C1. The Kier molecular flexibility index (Phi) is 6.62. The Hall–Kier alpha value is -2.15. The number of amides is 1. The largest absolute Gasteiger partial charge is 0.491 e. The van der Waals surface area contributed by atoms with Crippen LogP contribution in [-0.2, 0) is 4.74 Å². The van der Waals surface area contributed by atoms with E-state index >= 15 is 0 Å². The molecule has 1 aromatic rings. The molecular weight excluding hydrogens is 402 g/mol. The maximum absolute atomic E-state index is 12.8. The third kappa shape index (κ3) is 4.92. The molecule has 32 heavy (non-hydrogen) atoms. The van der Waals surface area contributed by atoms with Crippen LogP contribution >= 0.6 is 0 Å². The third-order valence-corrected chi connectivity index (χ3v) is 7.36. The van der Waals surface area contributed by atoms with Crippen molar-refractivity contribution in [3.8, 4) is 5.75 Å². The van der Waals surface area contributed by atoms with Gasteiger partial charge in [-0.25, -0.2) is 0 Å². The van der Waals surface area contributed by atoms with Crippen molar-refractivity contribution in [2.75, 3.05) is 39.9 Å². The van der Waals surface area contributed by atoms with E-state index < -0.39 is 0 Å². The number of likely N-dealkylation sites (tertiary alicyclic amines) is 2. The third-order valence-electron chi connectivity index (χ3n) is 7.36. The van der Waals surface area contributed by atoms with Crippen LogP contribution < -0.4 is 10.1 Å². The molecule has 6 heteroatoms. The van der Waals surface area contributed by atoms with Gasteiger partial charge in [-0.05, 0) is 82.0 Å². The molecule has 0 aromatic heterocycles. The minimum Gasteiger partial charge on any atom is -0.491 e. The number of rotatable bonds is 6. The number of benzene rings is 1. The van der Waals surface area contributed by atoms with Crippen molar-refractivity contribution in [2.45, 2.75) is 50.3 Å². The van der Waals surface area contributed by atoms with E-state index in [1.54, 1.807) is 0 Å². The Labute approximate surface area is 191 Å². The van der Waals surface area contributed by atoms with Crippen molar-refractivity contribution in [1.82, 2.24) is 15.1 Å². The molecule has 0 radical (unpaired) electrons. The molecule has 3 fully saturated rings. The summed E-state index contributed by atoms with van der Waals surface area (Å²) in [5.74, 6) is 1.51. The molecule has 172 valence electrons. The maximum atomic E-state index is 12.8. The van der Waals surface area contributed by atoms with E-state index in [1.807, 2.05) is 24.3 Å². The fraction of sp³-hybridized carbons (Fsp3) is 0.577. The van der Waals surface area contributed by atoms with Crippen LogP contribution in [0.2, 0.25) is 0 Å². The predicted octanol–water partition coefficient (Wildman–Crippen LogP) is 3.21. The number of hydrogen-bond donors (Lipinski definition) is 1. The number of ether oxygens (including phenoxy) is 2. The van der Waals surface area contributed by atoms with Crippen LogP contribution in [0.3, 0.4) is 0 Å². The smallest absolute Gasteiger partial charge is 0.255 e. The summed E-state index contributed by atoms with van der Waals surface area (Å²) in [7, 11) is 2.23. The number of allylic oxidation sites excluding steroid dienone is 2. The minimum atomic E-state index is -0.0799. The normalized spacial score (nSPS) is 30.7. The summed E-state index contributed by atoms with van der Waals surface area (Å²) >= 11 is 0. The summed E-state index contributed by atoms with van der Waals surface area (Å²) < 4.78 is 11.4. The number of carbonyl (C=O) groups excluding carboxylic acids is 1. The lowest BCUT2D eigenvalue weighted by Gasteiger charge is -2.30. The highest BCUT2D eigenvalue weighted by molar-refractivity contribution is 5.95. The van der Waals surface area contributed by atoms with Gasteiger partial charge in [-0.3, -0.25) is 9.69 Å². The number of likely N-dealkylation sites (N-methyl/N-ethyl adjacent to an activating group) is 1. The molecule has 1 N–H and O–H groups in total. The van der Waals surface area contributed by atoms with Gasteiger partial charge in [-0.2, -0.15) is 0 Å². The minimum absolute atomic E-state index is 0.0799. The first kappa shape index (κ1) is 21.7. The number of carbonyl (C=O) groups is 1. The summed E-state index contributed by atoms with van der Waals surface area (Å²) in [5.41, 5.74) is 1.54. The highest BCUT2D eigenvalue weighted by atomic mass is 16.5. The summed E-state index contributed by atoms with van der Waals surface area (Å²) in [6, 6.07) is 8.52. The molecule has 0 bridgehead atoms. The molecule has 3 heterocycles. The van der Waals surface area contributed by atoms with Crippen molar-refractivity contribution in [1.29, 1.82) is 0 Å². The second-order valence-corrected chi connectivity index (χ2v) is 9.66. The second kappa shape index (κ2) is 9.77. The molecule has 3 saturated heterocycles. The lowest BCUT2D eigenvalue weighted by Crippen LogP contribution is -2.41. The summed E-state index contributed by atoms with van der Waals surface area (Å²) in [6.45, 7) is 5.00. The first-order valence-corrected chi connectivity index (χ1v) is 12.1. The summed E-state index contributed by atoms with van der Waals surface area (Å²) in [6.07, 6.45) is 12.3. The van der Waals surface area contributed by atoms with Gasteiger partial charge in [-0.1, -0.05) is 12.2 Å².